The summed E-state index contributed by atoms with van der Waals surface area (Å²) < 4.78 is 14.2. The Labute approximate surface area is 497 Å². The maximum Gasteiger partial charge on any atom is 0.159 e. The van der Waals surface area contributed by atoms with E-state index in [1.165, 1.54) is 88.3 Å². The van der Waals surface area contributed by atoms with E-state index in [0.717, 1.165) is 78.0 Å². The molecule has 0 atom stereocenters. The van der Waals surface area contributed by atoms with Gasteiger partial charge < -0.3 is 18.6 Å². The van der Waals surface area contributed by atoms with Crippen molar-refractivity contribution in [2.45, 2.75) is 84.5 Å². The van der Waals surface area contributed by atoms with Crippen molar-refractivity contribution in [1.82, 2.24) is 0 Å². The van der Waals surface area contributed by atoms with Crippen LogP contribution in [0.3, 0.4) is 0 Å². The van der Waals surface area contributed by atoms with E-state index in [4.69, 9.17) is 8.83 Å². The number of anilines is 6. The maximum absolute atomic E-state index is 7.09. The molecule has 85 heavy (non-hydrogen) atoms. The molecule has 0 fully saturated rings. The molecule has 4 nitrogen and oxygen atoms in total. The molecule has 0 unspecified atom stereocenters. The van der Waals surface area contributed by atoms with Crippen molar-refractivity contribution in [2.24, 2.45) is 0 Å². The molecule has 1 spiro atoms. The number of fused-ring (bicyclic) bond motifs is 20. The van der Waals surface area contributed by atoms with Crippen LogP contribution in [-0.2, 0) is 5.41 Å². The van der Waals surface area contributed by atoms with Crippen LogP contribution in [0.5, 0.6) is 0 Å². The minimum Gasteiger partial charge on any atom is -0.454 e. The van der Waals surface area contributed by atoms with Gasteiger partial charge in [0.15, 0.2) is 11.2 Å². The molecule has 0 saturated carbocycles. The Morgan fingerprint density at radius 1 is 0.271 bits per heavy atom. The van der Waals surface area contributed by atoms with Crippen LogP contribution in [-0.4, -0.2) is 0 Å². The predicted octanol–water partition coefficient (Wildman–Crippen LogP) is 23.6. The second kappa shape index (κ2) is 19.2. The fourth-order valence-electron chi connectivity index (χ4n) is 15.2. The average Bonchev–Trinajstić information content (AvgIpc) is 1.50. The maximum atomic E-state index is 7.09. The molecule has 2 aliphatic carbocycles. The van der Waals surface area contributed by atoms with Crippen molar-refractivity contribution in [1.29, 1.82) is 0 Å². The Morgan fingerprint density at radius 2 is 0.635 bits per heavy atom. The molecular formula is C81H66N2O2. The molecule has 4 heteroatoms. The van der Waals surface area contributed by atoms with E-state index >= 15 is 0 Å². The lowest BCUT2D eigenvalue weighted by molar-refractivity contribution is 0.657. The van der Waals surface area contributed by atoms with Crippen molar-refractivity contribution in [3.63, 3.8) is 0 Å². The first kappa shape index (κ1) is 51.0. The number of hydrogen-bond donors (Lipinski definition) is 0. The topological polar surface area (TPSA) is 32.8 Å². The van der Waals surface area contributed by atoms with Crippen LogP contribution in [0.15, 0.2) is 239 Å². The first-order valence-corrected chi connectivity index (χ1v) is 30.5. The smallest absolute Gasteiger partial charge is 0.159 e. The normalized spacial score (nSPS) is 13.2. The molecule has 2 aliphatic rings. The summed E-state index contributed by atoms with van der Waals surface area (Å²) in [7, 11) is 0. The monoisotopic (exact) mass is 1100 g/mol. The molecule has 0 bridgehead atoms. The summed E-state index contributed by atoms with van der Waals surface area (Å²) in [6.45, 7) is 18.5. The Bertz CT molecular complexity index is 4720. The second-order valence-electron chi connectivity index (χ2n) is 25.0. The molecule has 2 aromatic heterocycles. The van der Waals surface area contributed by atoms with E-state index in [2.05, 4.69) is 296 Å². The van der Waals surface area contributed by atoms with Crippen LogP contribution in [0.2, 0.25) is 0 Å². The predicted molar refractivity (Wildman–Crippen MR) is 358 cm³/mol. The third kappa shape index (κ3) is 7.34. The van der Waals surface area contributed by atoms with Crippen molar-refractivity contribution in [2.75, 3.05) is 9.80 Å². The minimum absolute atomic E-state index is 0.217. The molecule has 412 valence electrons. The summed E-state index contributed by atoms with van der Waals surface area (Å²) in [6.07, 6.45) is 0. The van der Waals surface area contributed by atoms with Crippen LogP contribution < -0.4 is 9.80 Å². The summed E-state index contributed by atoms with van der Waals surface area (Å²) in [6, 6.07) is 86.4. The Balaban J connectivity index is 0.969. The Morgan fingerprint density at radius 3 is 1.04 bits per heavy atom. The highest BCUT2D eigenvalue weighted by molar-refractivity contribution is 6.15. The average molecular weight is 1100 g/mol. The fourth-order valence-corrected chi connectivity index (χ4v) is 15.2. The SMILES string of the molecule is CC(C)c1cc2c(c3ccc(N(c4ccccc4)c4cccc5c4oc4c(C(C)C)cccc45)cc13)C1(c3ccccc3-c3ccccc31)c1c-2cc(C(C)C)c2cc(N(c3ccccc3)c3cccc4c3oc3c(C(C)C)cccc34)ccc12. The van der Waals surface area contributed by atoms with E-state index in [9.17, 15) is 0 Å². The van der Waals surface area contributed by atoms with E-state index in [1.807, 2.05) is 0 Å². The van der Waals surface area contributed by atoms with Gasteiger partial charge in [0, 0.05) is 44.3 Å². The summed E-state index contributed by atoms with van der Waals surface area (Å²) in [5, 5.41) is 9.59. The van der Waals surface area contributed by atoms with Crippen LogP contribution in [0, 0.1) is 0 Å². The number of furan rings is 2. The second-order valence-corrected chi connectivity index (χ2v) is 25.0. The van der Waals surface area contributed by atoms with Crippen LogP contribution in [0.4, 0.5) is 34.1 Å². The first-order chi connectivity index (χ1) is 41.5. The zero-order valence-electron chi connectivity index (χ0n) is 49.5. The van der Waals surface area contributed by atoms with Gasteiger partial charge in [-0.3, -0.25) is 0 Å². The highest BCUT2D eigenvalue weighted by Crippen LogP contribution is 2.67. The van der Waals surface area contributed by atoms with Gasteiger partial charge in [0.2, 0.25) is 0 Å². The summed E-state index contributed by atoms with van der Waals surface area (Å²) in [5.41, 5.74) is 25.0. The van der Waals surface area contributed by atoms with Gasteiger partial charge in [-0.2, -0.15) is 0 Å². The molecular weight excluding hydrogens is 1030 g/mol. The standard InChI is InChI=1S/C81H66N2O2/c1-47(2)55-29-19-31-61-63-33-21-37-73(79(63)84-77(55)61)82(51-23-11-9-12-24-51)53-39-41-59-67(43-53)65(49(5)6)45-69-70-46-66(50(7)8)68-44-54(40-42-60(68)76(70)81(75(59)69)71-35-17-15-27-57(71)58-28-16-18-36-72(58)81)83(52-25-13-10-14-26-52)74-38-22-34-64-62-32-20-30-56(48(3)4)78(62)85-80(64)74/h9-50H,1-8H3. The largest absolute Gasteiger partial charge is 0.454 e. The lowest BCUT2D eigenvalue weighted by atomic mass is 9.67. The van der Waals surface area contributed by atoms with Crippen LogP contribution in [0.25, 0.3) is 87.7 Å². The molecule has 0 radical (unpaired) electrons. The lowest BCUT2D eigenvalue weighted by Crippen LogP contribution is -2.27. The summed E-state index contributed by atoms with van der Waals surface area (Å²) in [4.78, 5) is 4.83. The molecule has 2 heterocycles. The van der Waals surface area contributed by atoms with Gasteiger partial charge in [-0.15, -0.1) is 0 Å². The quantitative estimate of drug-likeness (QED) is 0.137. The van der Waals surface area contributed by atoms with Crippen LogP contribution in [0.1, 0.15) is 124 Å². The van der Waals surface area contributed by atoms with E-state index in [1.54, 1.807) is 0 Å². The van der Waals surface area contributed by atoms with Crippen molar-refractivity contribution < 1.29 is 8.83 Å². The zero-order chi connectivity index (χ0) is 57.6. The van der Waals surface area contributed by atoms with E-state index in [-0.39, 0.29) is 11.8 Å². The third-order valence-electron chi connectivity index (χ3n) is 18.9. The van der Waals surface area contributed by atoms with Crippen molar-refractivity contribution in [3.8, 4) is 22.3 Å². The summed E-state index contributed by atoms with van der Waals surface area (Å²) in [5.74, 6) is 1.06. The van der Waals surface area contributed by atoms with Crippen molar-refractivity contribution in [3.05, 3.63) is 275 Å². The number of hydrogen-bond acceptors (Lipinski definition) is 4. The number of rotatable bonds is 10. The molecule has 12 aromatic carbocycles. The lowest BCUT2D eigenvalue weighted by Gasteiger charge is -2.34. The number of para-hydroxylation sites is 6. The Hall–Kier alpha value is -9.64. The third-order valence-corrected chi connectivity index (χ3v) is 18.9. The Kier molecular flexibility index (Phi) is 11.5. The molecule has 0 N–H and O–H groups in total. The highest BCUT2D eigenvalue weighted by atomic mass is 16.3. The van der Waals surface area contributed by atoms with Gasteiger partial charge in [0.25, 0.3) is 0 Å². The molecule has 14 aromatic rings. The van der Waals surface area contributed by atoms with Gasteiger partial charge in [-0.25, -0.2) is 0 Å². The number of benzene rings is 12. The molecule has 0 saturated heterocycles. The summed E-state index contributed by atoms with van der Waals surface area (Å²) >= 11 is 0. The zero-order valence-corrected chi connectivity index (χ0v) is 49.5. The van der Waals surface area contributed by atoms with Crippen molar-refractivity contribution >= 4 is 99.5 Å². The number of nitrogens with zero attached hydrogens (tertiary/aromatic N) is 2. The van der Waals surface area contributed by atoms with Crippen LogP contribution >= 0.6 is 0 Å². The van der Waals surface area contributed by atoms with Gasteiger partial charge in [0.05, 0.1) is 16.8 Å². The van der Waals surface area contributed by atoms with E-state index in [0.29, 0.717) is 11.8 Å². The minimum atomic E-state index is -0.650. The molecule has 0 aliphatic heterocycles. The van der Waals surface area contributed by atoms with Gasteiger partial charge in [-0.05, 0) is 185 Å². The molecule has 16 rings (SSSR count). The van der Waals surface area contributed by atoms with Gasteiger partial charge in [-0.1, -0.05) is 213 Å². The molecule has 0 amide bonds. The highest BCUT2D eigenvalue weighted by Gasteiger charge is 2.54. The van der Waals surface area contributed by atoms with Gasteiger partial charge >= 0.3 is 0 Å². The van der Waals surface area contributed by atoms with Gasteiger partial charge in [0.1, 0.15) is 11.2 Å². The van der Waals surface area contributed by atoms with E-state index < -0.39 is 5.41 Å². The fraction of sp³-hybridized carbons (Fsp3) is 0.160. The first-order valence-electron chi connectivity index (χ1n) is 30.5.